The highest BCUT2D eigenvalue weighted by Crippen LogP contribution is 2.25. The summed E-state index contributed by atoms with van der Waals surface area (Å²) in [6.07, 6.45) is 1.99. The number of aromatic nitrogens is 1. The smallest absolute Gasteiger partial charge is 0.272 e. The number of aliphatic hydroxyl groups is 1. The lowest BCUT2D eigenvalue weighted by molar-refractivity contribution is 0.0774. The van der Waals surface area contributed by atoms with Crippen LogP contribution in [0.15, 0.2) is 12.1 Å². The molecular weight excluding hydrogens is 254 g/mol. The molecule has 3 heterocycles. The van der Waals surface area contributed by atoms with E-state index < -0.39 is 0 Å². The first-order chi connectivity index (χ1) is 9.69. The fraction of sp³-hybridized carbons (Fsp3) is 0.600. The van der Waals surface area contributed by atoms with Gasteiger partial charge in [0.25, 0.3) is 5.91 Å². The molecule has 1 saturated heterocycles. The Balaban J connectivity index is 1.78. The van der Waals surface area contributed by atoms with Gasteiger partial charge >= 0.3 is 0 Å². The SMILES string of the molecule is C[C@@H]1CN(C(=O)c2ccc3c(n2)CCCN3)C[C@H]1CO. The lowest BCUT2D eigenvalue weighted by Gasteiger charge is -2.20. The normalized spacial score (nSPS) is 25.2. The Kier molecular flexibility index (Phi) is 3.61. The van der Waals surface area contributed by atoms with Gasteiger partial charge in [-0.05, 0) is 30.9 Å². The number of rotatable bonds is 2. The van der Waals surface area contributed by atoms with Crippen molar-refractivity contribution in [2.75, 3.05) is 31.6 Å². The van der Waals surface area contributed by atoms with E-state index in [0.29, 0.717) is 24.7 Å². The molecule has 1 aromatic rings. The molecule has 1 fully saturated rings. The number of nitrogens with one attached hydrogen (secondary N) is 1. The van der Waals surface area contributed by atoms with Gasteiger partial charge in [-0.25, -0.2) is 4.98 Å². The predicted molar refractivity (Wildman–Crippen MR) is 76.7 cm³/mol. The van der Waals surface area contributed by atoms with Crippen molar-refractivity contribution in [3.63, 3.8) is 0 Å². The molecule has 2 aliphatic heterocycles. The number of aliphatic hydroxyl groups excluding tert-OH is 1. The molecular formula is C15H21N3O2. The number of fused-ring (bicyclic) bond motifs is 1. The molecule has 108 valence electrons. The maximum atomic E-state index is 12.5. The zero-order valence-corrected chi connectivity index (χ0v) is 11.8. The Labute approximate surface area is 119 Å². The second-order valence-electron chi connectivity index (χ2n) is 5.85. The van der Waals surface area contributed by atoms with E-state index in [1.54, 1.807) is 6.07 Å². The largest absolute Gasteiger partial charge is 0.396 e. The van der Waals surface area contributed by atoms with Crippen molar-refractivity contribution in [2.45, 2.75) is 19.8 Å². The van der Waals surface area contributed by atoms with E-state index in [2.05, 4.69) is 17.2 Å². The number of nitrogens with zero attached hydrogens (tertiary/aromatic N) is 2. The van der Waals surface area contributed by atoms with Gasteiger partial charge in [-0.2, -0.15) is 0 Å². The van der Waals surface area contributed by atoms with Crippen LogP contribution in [0, 0.1) is 11.8 Å². The van der Waals surface area contributed by atoms with Crippen LogP contribution in [0.1, 0.15) is 29.5 Å². The monoisotopic (exact) mass is 275 g/mol. The maximum Gasteiger partial charge on any atom is 0.272 e. The van der Waals surface area contributed by atoms with E-state index in [1.807, 2.05) is 11.0 Å². The van der Waals surface area contributed by atoms with Gasteiger partial charge in [0.1, 0.15) is 5.69 Å². The highest BCUT2D eigenvalue weighted by molar-refractivity contribution is 5.93. The first-order valence-electron chi connectivity index (χ1n) is 7.33. The summed E-state index contributed by atoms with van der Waals surface area (Å²) in [6.45, 7) is 4.54. The summed E-state index contributed by atoms with van der Waals surface area (Å²) < 4.78 is 0. The molecule has 0 unspecified atom stereocenters. The van der Waals surface area contributed by atoms with Crippen LogP contribution in [0.5, 0.6) is 0 Å². The minimum Gasteiger partial charge on any atom is -0.396 e. The Bertz CT molecular complexity index is 518. The minimum atomic E-state index is -0.0128. The molecule has 2 aliphatic rings. The number of likely N-dealkylation sites (tertiary alicyclic amines) is 1. The maximum absolute atomic E-state index is 12.5. The molecule has 5 heteroatoms. The Morgan fingerprint density at radius 2 is 2.35 bits per heavy atom. The molecule has 0 spiro atoms. The zero-order chi connectivity index (χ0) is 14.1. The van der Waals surface area contributed by atoms with Crippen LogP contribution in [0.3, 0.4) is 0 Å². The molecule has 20 heavy (non-hydrogen) atoms. The van der Waals surface area contributed by atoms with Crippen molar-refractivity contribution in [3.8, 4) is 0 Å². The van der Waals surface area contributed by atoms with Crippen LogP contribution >= 0.6 is 0 Å². The summed E-state index contributed by atoms with van der Waals surface area (Å²) in [6, 6.07) is 3.76. The van der Waals surface area contributed by atoms with Gasteiger partial charge in [0.15, 0.2) is 0 Å². The van der Waals surface area contributed by atoms with E-state index >= 15 is 0 Å². The van der Waals surface area contributed by atoms with Crippen molar-refractivity contribution >= 4 is 11.6 Å². The summed E-state index contributed by atoms with van der Waals surface area (Å²) in [4.78, 5) is 18.8. The van der Waals surface area contributed by atoms with Crippen molar-refractivity contribution < 1.29 is 9.90 Å². The van der Waals surface area contributed by atoms with Gasteiger partial charge in [0.05, 0.1) is 11.4 Å². The van der Waals surface area contributed by atoms with Crippen LogP contribution in [-0.4, -0.2) is 47.1 Å². The lowest BCUT2D eigenvalue weighted by atomic mass is 10.00. The Morgan fingerprint density at radius 3 is 3.10 bits per heavy atom. The van der Waals surface area contributed by atoms with Gasteiger partial charge in [-0.15, -0.1) is 0 Å². The van der Waals surface area contributed by atoms with Gasteiger partial charge in [0, 0.05) is 32.2 Å². The van der Waals surface area contributed by atoms with Crippen LogP contribution in [0.25, 0.3) is 0 Å². The van der Waals surface area contributed by atoms with Crippen LogP contribution in [0.2, 0.25) is 0 Å². The summed E-state index contributed by atoms with van der Waals surface area (Å²) in [7, 11) is 0. The highest BCUT2D eigenvalue weighted by Gasteiger charge is 2.32. The first-order valence-corrected chi connectivity index (χ1v) is 7.33. The number of aryl methyl sites for hydroxylation is 1. The minimum absolute atomic E-state index is 0.0128. The molecule has 1 aromatic heterocycles. The van der Waals surface area contributed by atoms with Gasteiger partial charge in [0.2, 0.25) is 0 Å². The number of anilines is 1. The number of carbonyl (C=O) groups is 1. The van der Waals surface area contributed by atoms with Crippen LogP contribution < -0.4 is 5.32 Å². The number of amides is 1. The molecule has 0 aromatic carbocycles. The van der Waals surface area contributed by atoms with E-state index in [4.69, 9.17) is 0 Å². The van der Waals surface area contributed by atoms with Crippen LogP contribution in [-0.2, 0) is 6.42 Å². The average Bonchev–Trinajstić information content (AvgIpc) is 2.87. The quantitative estimate of drug-likeness (QED) is 0.849. The van der Waals surface area contributed by atoms with E-state index in [0.717, 1.165) is 30.8 Å². The van der Waals surface area contributed by atoms with Gasteiger partial charge in [-0.3, -0.25) is 4.79 Å². The first kappa shape index (κ1) is 13.4. The predicted octanol–water partition coefficient (Wildman–Crippen LogP) is 1.14. The molecule has 1 amide bonds. The molecule has 2 N–H and O–H groups in total. The third-order valence-corrected chi connectivity index (χ3v) is 4.39. The number of hydrogen-bond acceptors (Lipinski definition) is 4. The topological polar surface area (TPSA) is 65.5 Å². The second kappa shape index (κ2) is 5.40. The molecule has 0 aliphatic carbocycles. The fourth-order valence-corrected chi connectivity index (χ4v) is 3.05. The van der Waals surface area contributed by atoms with E-state index in [-0.39, 0.29) is 18.4 Å². The summed E-state index contributed by atoms with van der Waals surface area (Å²) in [5.41, 5.74) is 2.57. The van der Waals surface area contributed by atoms with Crippen molar-refractivity contribution in [1.82, 2.24) is 9.88 Å². The van der Waals surface area contributed by atoms with Crippen molar-refractivity contribution in [3.05, 3.63) is 23.5 Å². The summed E-state index contributed by atoms with van der Waals surface area (Å²) in [5, 5.41) is 12.6. The Hall–Kier alpha value is -1.62. The van der Waals surface area contributed by atoms with E-state index in [1.165, 1.54) is 0 Å². The van der Waals surface area contributed by atoms with Crippen molar-refractivity contribution in [1.29, 1.82) is 0 Å². The molecule has 0 radical (unpaired) electrons. The molecule has 5 nitrogen and oxygen atoms in total. The number of carbonyl (C=O) groups excluding carboxylic acids is 1. The molecule has 0 saturated carbocycles. The summed E-state index contributed by atoms with van der Waals surface area (Å²) >= 11 is 0. The third-order valence-electron chi connectivity index (χ3n) is 4.39. The number of pyridine rings is 1. The average molecular weight is 275 g/mol. The highest BCUT2D eigenvalue weighted by atomic mass is 16.3. The molecule has 2 atom stereocenters. The zero-order valence-electron chi connectivity index (χ0n) is 11.8. The van der Waals surface area contributed by atoms with Gasteiger partial charge < -0.3 is 15.3 Å². The van der Waals surface area contributed by atoms with Crippen LogP contribution in [0.4, 0.5) is 5.69 Å². The number of hydrogen-bond donors (Lipinski definition) is 2. The lowest BCUT2D eigenvalue weighted by Crippen LogP contribution is -2.30. The fourth-order valence-electron chi connectivity index (χ4n) is 3.05. The third kappa shape index (κ3) is 2.38. The van der Waals surface area contributed by atoms with E-state index in [9.17, 15) is 9.90 Å². The summed E-state index contributed by atoms with van der Waals surface area (Å²) in [5.74, 6) is 0.530. The molecule has 0 bridgehead atoms. The van der Waals surface area contributed by atoms with Gasteiger partial charge in [-0.1, -0.05) is 6.92 Å². The second-order valence-corrected chi connectivity index (χ2v) is 5.85. The standard InChI is InChI=1S/C15H21N3O2/c1-10-7-18(8-11(10)9-19)15(20)14-5-4-12-13(17-14)3-2-6-16-12/h4-5,10-11,16,19H,2-3,6-9H2,1H3/t10-,11+/m1/s1. The molecule has 3 rings (SSSR count). The van der Waals surface area contributed by atoms with Crippen molar-refractivity contribution in [2.24, 2.45) is 11.8 Å². The Morgan fingerprint density at radius 1 is 1.50 bits per heavy atom.